The van der Waals surface area contributed by atoms with Crippen molar-refractivity contribution in [2.24, 2.45) is 5.92 Å². The number of fused-ring (bicyclic) bond motifs is 2. The van der Waals surface area contributed by atoms with E-state index in [0.717, 1.165) is 12.8 Å². The lowest BCUT2D eigenvalue weighted by atomic mass is 9.89. The fraction of sp³-hybridized carbons (Fsp3) is 0.750. The lowest BCUT2D eigenvalue weighted by Crippen LogP contribution is -2.46. The summed E-state index contributed by atoms with van der Waals surface area (Å²) in [6.07, 6.45) is 2.20. The fourth-order valence-corrected chi connectivity index (χ4v) is 3.07. The number of carboxylic acids is 1. The monoisotopic (exact) mass is 269 g/mol. The molecule has 0 aromatic heterocycles. The first-order valence-corrected chi connectivity index (χ1v) is 6.54. The van der Waals surface area contributed by atoms with Crippen molar-refractivity contribution in [1.29, 1.82) is 0 Å². The van der Waals surface area contributed by atoms with Crippen molar-refractivity contribution < 1.29 is 19.5 Å². The van der Waals surface area contributed by atoms with Crippen molar-refractivity contribution in [2.45, 2.75) is 38.3 Å². The van der Waals surface area contributed by atoms with Gasteiger partial charge in [-0.05, 0) is 19.3 Å². The Balaban J connectivity index is 1.83. The summed E-state index contributed by atoms with van der Waals surface area (Å²) in [5.41, 5.74) is 0. The van der Waals surface area contributed by atoms with Crippen molar-refractivity contribution in [3.8, 4) is 0 Å². The summed E-state index contributed by atoms with van der Waals surface area (Å²) in [4.78, 5) is 35.5. The van der Waals surface area contributed by atoms with E-state index in [1.165, 1.54) is 6.92 Å². The minimum absolute atomic E-state index is 0.0480. The van der Waals surface area contributed by atoms with E-state index in [9.17, 15) is 14.4 Å². The lowest BCUT2D eigenvalue weighted by Gasteiger charge is -2.23. The zero-order valence-corrected chi connectivity index (χ0v) is 10.9. The predicted octanol–water partition coefficient (Wildman–Crippen LogP) is -0.230. The van der Waals surface area contributed by atoms with Gasteiger partial charge in [0.1, 0.15) is 0 Å². The van der Waals surface area contributed by atoms with Gasteiger partial charge in [-0.3, -0.25) is 9.59 Å². The molecule has 3 unspecified atom stereocenters. The van der Waals surface area contributed by atoms with Gasteiger partial charge in [-0.15, -0.1) is 0 Å². The number of hydrogen-bond donors (Lipinski definition) is 3. The molecule has 2 fully saturated rings. The molecule has 2 aliphatic rings. The van der Waals surface area contributed by atoms with E-state index in [-0.39, 0.29) is 24.0 Å². The van der Waals surface area contributed by atoms with Crippen LogP contribution >= 0.6 is 0 Å². The van der Waals surface area contributed by atoms with E-state index in [1.807, 2.05) is 0 Å². The molecule has 0 spiro atoms. The maximum Gasteiger partial charge on any atom is 0.317 e. The number of amides is 3. The Hall–Kier alpha value is -1.79. The van der Waals surface area contributed by atoms with Crippen LogP contribution in [0.25, 0.3) is 0 Å². The Morgan fingerprint density at radius 2 is 1.89 bits per heavy atom. The van der Waals surface area contributed by atoms with Crippen LogP contribution in [-0.4, -0.2) is 53.1 Å². The molecular weight excluding hydrogens is 250 g/mol. The van der Waals surface area contributed by atoms with Gasteiger partial charge in [0.15, 0.2) is 0 Å². The number of nitrogens with one attached hydrogen (secondary N) is 2. The molecule has 2 heterocycles. The van der Waals surface area contributed by atoms with Gasteiger partial charge in [0.25, 0.3) is 0 Å². The second-order valence-electron chi connectivity index (χ2n) is 5.10. The molecule has 2 rings (SSSR count). The van der Waals surface area contributed by atoms with E-state index < -0.39 is 11.9 Å². The Morgan fingerprint density at radius 3 is 2.47 bits per heavy atom. The third-order valence-corrected chi connectivity index (χ3v) is 3.86. The summed E-state index contributed by atoms with van der Waals surface area (Å²) >= 11 is 0. The van der Waals surface area contributed by atoms with Gasteiger partial charge in [0.2, 0.25) is 5.91 Å². The molecule has 2 aliphatic heterocycles. The number of aliphatic carboxylic acids is 1. The summed E-state index contributed by atoms with van der Waals surface area (Å²) in [5.74, 6) is -1.38. The number of hydrogen-bond acceptors (Lipinski definition) is 3. The molecule has 3 N–H and O–H groups in total. The zero-order valence-electron chi connectivity index (χ0n) is 10.9. The number of urea groups is 1. The molecule has 7 nitrogen and oxygen atoms in total. The van der Waals surface area contributed by atoms with E-state index >= 15 is 0 Å². The van der Waals surface area contributed by atoms with Gasteiger partial charge in [0, 0.05) is 32.1 Å². The summed E-state index contributed by atoms with van der Waals surface area (Å²) in [6, 6.07) is -0.350. The standard InChI is InChI=1S/C12H19N3O4/c1-7(16)13-4-5-14-12(19)15-8-2-3-10(15)9(6-8)11(17)18/h8-10H,2-6H2,1H3,(H,13,16)(H,14,19)(H,17,18). The normalized spacial score (nSPS) is 28.3. The van der Waals surface area contributed by atoms with E-state index in [0.29, 0.717) is 19.5 Å². The Kier molecular flexibility index (Phi) is 3.92. The molecule has 3 atom stereocenters. The van der Waals surface area contributed by atoms with Crippen molar-refractivity contribution in [3.05, 3.63) is 0 Å². The number of carbonyl (C=O) groups excluding carboxylic acids is 2. The molecule has 0 aliphatic carbocycles. The quantitative estimate of drug-likeness (QED) is 0.614. The summed E-state index contributed by atoms with van der Waals surface area (Å²) in [6.45, 7) is 2.15. The second-order valence-corrected chi connectivity index (χ2v) is 5.10. The van der Waals surface area contributed by atoms with Crippen molar-refractivity contribution in [3.63, 3.8) is 0 Å². The highest BCUT2D eigenvalue weighted by atomic mass is 16.4. The van der Waals surface area contributed by atoms with Crippen molar-refractivity contribution in [2.75, 3.05) is 13.1 Å². The summed E-state index contributed by atoms with van der Waals surface area (Å²) < 4.78 is 0. The molecule has 106 valence electrons. The predicted molar refractivity (Wildman–Crippen MR) is 66.5 cm³/mol. The number of carboxylic acid groups (broad SMARTS) is 1. The number of carbonyl (C=O) groups is 3. The maximum atomic E-state index is 12.0. The molecule has 0 aromatic rings. The molecule has 0 saturated carbocycles. The molecular formula is C12H19N3O4. The summed E-state index contributed by atoms with van der Waals surface area (Å²) in [5, 5.41) is 14.4. The van der Waals surface area contributed by atoms with Gasteiger partial charge in [-0.1, -0.05) is 0 Å². The summed E-state index contributed by atoms with van der Waals surface area (Å²) in [7, 11) is 0. The average Bonchev–Trinajstić information content (AvgIpc) is 2.91. The largest absolute Gasteiger partial charge is 0.481 e. The van der Waals surface area contributed by atoms with E-state index in [1.54, 1.807) is 4.90 Å². The van der Waals surface area contributed by atoms with E-state index in [4.69, 9.17) is 5.11 Å². The molecule has 0 radical (unpaired) electrons. The van der Waals surface area contributed by atoms with Crippen LogP contribution in [0.4, 0.5) is 4.79 Å². The van der Waals surface area contributed by atoms with Crippen LogP contribution in [0.3, 0.4) is 0 Å². The topological polar surface area (TPSA) is 98.7 Å². The van der Waals surface area contributed by atoms with Crippen LogP contribution in [0, 0.1) is 5.92 Å². The smallest absolute Gasteiger partial charge is 0.317 e. The first-order valence-electron chi connectivity index (χ1n) is 6.54. The highest BCUT2D eigenvalue weighted by molar-refractivity contribution is 5.79. The lowest BCUT2D eigenvalue weighted by molar-refractivity contribution is -0.142. The zero-order chi connectivity index (χ0) is 14.0. The molecule has 2 bridgehead atoms. The second kappa shape index (κ2) is 5.46. The van der Waals surface area contributed by atoms with Crippen LogP contribution in [0.15, 0.2) is 0 Å². The SMILES string of the molecule is CC(=O)NCCNC(=O)N1C2CCC1C(C(=O)O)C2. The Morgan fingerprint density at radius 1 is 1.21 bits per heavy atom. The third kappa shape index (κ3) is 2.80. The Labute approximate surface area is 111 Å². The third-order valence-electron chi connectivity index (χ3n) is 3.86. The van der Waals surface area contributed by atoms with Gasteiger partial charge >= 0.3 is 12.0 Å². The van der Waals surface area contributed by atoms with Crippen molar-refractivity contribution in [1.82, 2.24) is 15.5 Å². The highest BCUT2D eigenvalue weighted by Gasteiger charge is 2.51. The van der Waals surface area contributed by atoms with Crippen LogP contribution < -0.4 is 10.6 Å². The first-order chi connectivity index (χ1) is 9.00. The Bertz CT molecular complexity index is 398. The highest BCUT2D eigenvalue weighted by Crippen LogP contribution is 2.41. The minimum Gasteiger partial charge on any atom is -0.481 e. The van der Waals surface area contributed by atoms with Crippen LogP contribution in [-0.2, 0) is 9.59 Å². The minimum atomic E-state index is -0.816. The van der Waals surface area contributed by atoms with Gasteiger partial charge in [-0.25, -0.2) is 4.79 Å². The van der Waals surface area contributed by atoms with Crippen LogP contribution in [0.1, 0.15) is 26.2 Å². The van der Waals surface area contributed by atoms with Crippen LogP contribution in [0.5, 0.6) is 0 Å². The molecule has 2 saturated heterocycles. The first kappa shape index (κ1) is 13.6. The van der Waals surface area contributed by atoms with E-state index in [2.05, 4.69) is 10.6 Å². The van der Waals surface area contributed by atoms with Crippen molar-refractivity contribution >= 4 is 17.9 Å². The number of rotatable bonds is 4. The maximum absolute atomic E-state index is 12.0. The average molecular weight is 269 g/mol. The van der Waals surface area contributed by atoms with Gasteiger partial charge in [0.05, 0.1) is 5.92 Å². The number of nitrogens with zero attached hydrogens (tertiary/aromatic N) is 1. The molecule has 19 heavy (non-hydrogen) atoms. The van der Waals surface area contributed by atoms with Crippen LogP contribution in [0.2, 0.25) is 0 Å². The van der Waals surface area contributed by atoms with Gasteiger partial charge in [-0.2, -0.15) is 0 Å². The molecule has 7 heteroatoms. The molecule has 3 amide bonds. The van der Waals surface area contributed by atoms with Gasteiger partial charge < -0.3 is 20.6 Å². The fourth-order valence-electron chi connectivity index (χ4n) is 3.07. The molecule has 0 aromatic carbocycles.